The van der Waals surface area contributed by atoms with Crippen LogP contribution in [-0.4, -0.2) is 31.4 Å². The monoisotopic (exact) mass is 239 g/mol. The first-order valence-electron chi connectivity index (χ1n) is 7.03. The summed E-state index contributed by atoms with van der Waals surface area (Å²) in [5.41, 5.74) is 0. The lowest BCUT2D eigenvalue weighted by atomic mass is 10.0. The molecular formula is C14H25NO2. The average molecular weight is 239 g/mol. The summed E-state index contributed by atoms with van der Waals surface area (Å²) < 4.78 is 11.8. The first-order valence-corrected chi connectivity index (χ1v) is 7.03. The summed E-state index contributed by atoms with van der Waals surface area (Å²) in [6, 6.07) is 0.264. The Bertz CT molecular complexity index is 265. The van der Waals surface area contributed by atoms with Crippen molar-refractivity contribution in [2.24, 2.45) is 0 Å². The van der Waals surface area contributed by atoms with E-state index < -0.39 is 0 Å². The van der Waals surface area contributed by atoms with Crippen LogP contribution < -0.4 is 5.32 Å². The quantitative estimate of drug-likeness (QED) is 0.800. The van der Waals surface area contributed by atoms with Gasteiger partial charge in [0, 0.05) is 0 Å². The minimum absolute atomic E-state index is 0.264. The normalized spacial score (nSPS) is 30.8. The summed E-state index contributed by atoms with van der Waals surface area (Å²) in [6.07, 6.45) is 8.67. The van der Waals surface area contributed by atoms with Crippen molar-refractivity contribution < 1.29 is 9.47 Å². The molecule has 0 aromatic rings. The van der Waals surface area contributed by atoms with Gasteiger partial charge in [-0.3, -0.25) is 0 Å². The van der Waals surface area contributed by atoms with Gasteiger partial charge in [0.1, 0.15) is 5.76 Å². The van der Waals surface area contributed by atoms with E-state index in [1.807, 2.05) is 0 Å². The third-order valence-corrected chi connectivity index (χ3v) is 3.52. The molecule has 0 spiro atoms. The summed E-state index contributed by atoms with van der Waals surface area (Å²) in [7, 11) is 0. The highest BCUT2D eigenvalue weighted by Crippen LogP contribution is 2.27. The highest BCUT2D eigenvalue weighted by Gasteiger charge is 2.32. The summed E-state index contributed by atoms with van der Waals surface area (Å²) in [5.74, 6) is 1.11. The molecule has 2 heterocycles. The van der Waals surface area contributed by atoms with Gasteiger partial charge in [-0.25, -0.2) is 0 Å². The van der Waals surface area contributed by atoms with E-state index in [9.17, 15) is 0 Å². The lowest BCUT2D eigenvalue weighted by molar-refractivity contribution is 0.0222. The molecule has 98 valence electrons. The Kier molecular flexibility index (Phi) is 4.86. The maximum atomic E-state index is 5.99. The second-order valence-electron chi connectivity index (χ2n) is 5.09. The van der Waals surface area contributed by atoms with Crippen molar-refractivity contribution in [3.05, 3.63) is 11.8 Å². The molecule has 17 heavy (non-hydrogen) atoms. The SMILES string of the molecule is CCCNC(C1=CCCCO1)C1CCC(C)O1. The van der Waals surface area contributed by atoms with Crippen LogP contribution >= 0.6 is 0 Å². The third kappa shape index (κ3) is 3.46. The molecule has 0 bridgehead atoms. The fourth-order valence-electron chi connectivity index (χ4n) is 2.59. The molecule has 0 aromatic heterocycles. The predicted octanol–water partition coefficient (Wildman–Crippen LogP) is 2.62. The van der Waals surface area contributed by atoms with Gasteiger partial charge in [-0.2, -0.15) is 0 Å². The molecule has 2 aliphatic heterocycles. The van der Waals surface area contributed by atoms with E-state index in [-0.39, 0.29) is 6.04 Å². The van der Waals surface area contributed by atoms with Crippen LogP contribution in [0.4, 0.5) is 0 Å². The van der Waals surface area contributed by atoms with Crippen LogP contribution in [0.1, 0.15) is 46.0 Å². The topological polar surface area (TPSA) is 30.5 Å². The molecule has 0 aromatic carbocycles. The van der Waals surface area contributed by atoms with Gasteiger partial charge in [0.25, 0.3) is 0 Å². The smallest absolute Gasteiger partial charge is 0.112 e. The van der Waals surface area contributed by atoms with Crippen LogP contribution in [0.3, 0.4) is 0 Å². The molecule has 3 nitrogen and oxygen atoms in total. The van der Waals surface area contributed by atoms with Crippen LogP contribution in [0.2, 0.25) is 0 Å². The number of rotatable bonds is 5. The van der Waals surface area contributed by atoms with Gasteiger partial charge in [0.2, 0.25) is 0 Å². The first-order chi connectivity index (χ1) is 8.31. The first kappa shape index (κ1) is 12.9. The Balaban J connectivity index is 1.99. The van der Waals surface area contributed by atoms with Crippen LogP contribution in [0.5, 0.6) is 0 Å². The Hall–Kier alpha value is -0.540. The molecule has 2 rings (SSSR count). The Morgan fingerprint density at radius 2 is 2.35 bits per heavy atom. The van der Waals surface area contributed by atoms with E-state index in [0.29, 0.717) is 12.2 Å². The van der Waals surface area contributed by atoms with Crippen molar-refractivity contribution in [2.45, 2.75) is 64.2 Å². The fraction of sp³-hybridized carbons (Fsp3) is 0.857. The highest BCUT2D eigenvalue weighted by atomic mass is 16.5. The third-order valence-electron chi connectivity index (χ3n) is 3.52. The van der Waals surface area contributed by atoms with Crippen molar-refractivity contribution in [1.29, 1.82) is 0 Å². The van der Waals surface area contributed by atoms with E-state index in [4.69, 9.17) is 9.47 Å². The summed E-state index contributed by atoms with van der Waals surface area (Å²) in [6.45, 7) is 6.24. The van der Waals surface area contributed by atoms with Crippen LogP contribution in [0, 0.1) is 0 Å². The van der Waals surface area contributed by atoms with Crippen molar-refractivity contribution in [3.8, 4) is 0 Å². The van der Waals surface area contributed by atoms with Crippen molar-refractivity contribution in [2.75, 3.05) is 13.2 Å². The molecule has 1 saturated heterocycles. The Morgan fingerprint density at radius 3 is 2.94 bits per heavy atom. The van der Waals surface area contributed by atoms with Crippen molar-refractivity contribution >= 4 is 0 Å². The second-order valence-corrected chi connectivity index (χ2v) is 5.09. The lowest BCUT2D eigenvalue weighted by Gasteiger charge is -2.29. The van der Waals surface area contributed by atoms with Crippen LogP contribution in [0.25, 0.3) is 0 Å². The molecule has 3 atom stereocenters. The largest absolute Gasteiger partial charge is 0.496 e. The second kappa shape index (κ2) is 6.41. The maximum absolute atomic E-state index is 5.99. The van der Waals surface area contributed by atoms with Gasteiger partial charge in [0.05, 0.1) is 24.9 Å². The number of ether oxygens (including phenoxy) is 2. The summed E-state index contributed by atoms with van der Waals surface area (Å²) in [5, 5.41) is 3.58. The van der Waals surface area contributed by atoms with E-state index in [2.05, 4.69) is 25.2 Å². The zero-order chi connectivity index (χ0) is 12.1. The summed E-state index contributed by atoms with van der Waals surface area (Å²) in [4.78, 5) is 0. The van der Waals surface area contributed by atoms with Gasteiger partial charge in [0.15, 0.2) is 0 Å². The lowest BCUT2D eigenvalue weighted by Crippen LogP contribution is -2.43. The van der Waals surface area contributed by atoms with E-state index in [1.54, 1.807) is 0 Å². The number of hydrogen-bond donors (Lipinski definition) is 1. The minimum Gasteiger partial charge on any atom is -0.496 e. The minimum atomic E-state index is 0.264. The van der Waals surface area contributed by atoms with Crippen molar-refractivity contribution in [3.63, 3.8) is 0 Å². The summed E-state index contributed by atoms with van der Waals surface area (Å²) >= 11 is 0. The van der Waals surface area contributed by atoms with Gasteiger partial charge in [-0.05, 0) is 51.6 Å². The molecular weight excluding hydrogens is 214 g/mol. The number of allylic oxidation sites excluding steroid dienone is 1. The molecule has 0 aliphatic carbocycles. The molecule has 3 unspecified atom stereocenters. The molecule has 0 amide bonds. The van der Waals surface area contributed by atoms with Crippen molar-refractivity contribution in [1.82, 2.24) is 5.32 Å². The molecule has 3 heteroatoms. The standard InChI is InChI=1S/C14H25NO2/c1-3-9-15-14(12-6-4-5-10-16-12)13-8-7-11(2)17-13/h6,11,13-15H,3-5,7-10H2,1-2H3. The zero-order valence-corrected chi connectivity index (χ0v) is 11.1. The highest BCUT2D eigenvalue weighted by molar-refractivity contribution is 5.09. The van der Waals surface area contributed by atoms with E-state index in [0.717, 1.165) is 44.6 Å². The Morgan fingerprint density at radius 1 is 1.47 bits per heavy atom. The predicted molar refractivity (Wildman–Crippen MR) is 68.9 cm³/mol. The maximum Gasteiger partial charge on any atom is 0.112 e. The van der Waals surface area contributed by atoms with Gasteiger partial charge in [-0.1, -0.05) is 6.92 Å². The average Bonchev–Trinajstić information content (AvgIpc) is 2.78. The van der Waals surface area contributed by atoms with E-state index in [1.165, 1.54) is 6.42 Å². The fourth-order valence-corrected chi connectivity index (χ4v) is 2.59. The van der Waals surface area contributed by atoms with Crippen LogP contribution in [-0.2, 0) is 9.47 Å². The van der Waals surface area contributed by atoms with E-state index >= 15 is 0 Å². The Labute approximate surface area is 105 Å². The molecule has 0 saturated carbocycles. The molecule has 2 aliphatic rings. The van der Waals surface area contributed by atoms with Gasteiger partial charge < -0.3 is 14.8 Å². The number of nitrogens with one attached hydrogen (secondary N) is 1. The van der Waals surface area contributed by atoms with Gasteiger partial charge in [-0.15, -0.1) is 0 Å². The number of hydrogen-bond acceptors (Lipinski definition) is 3. The van der Waals surface area contributed by atoms with Crippen LogP contribution in [0.15, 0.2) is 11.8 Å². The van der Waals surface area contributed by atoms with Gasteiger partial charge >= 0.3 is 0 Å². The zero-order valence-electron chi connectivity index (χ0n) is 11.1. The molecule has 1 N–H and O–H groups in total. The molecule has 0 radical (unpaired) electrons. The molecule has 1 fully saturated rings.